The van der Waals surface area contributed by atoms with Gasteiger partial charge in [0, 0.05) is 19.6 Å². The fraction of sp³-hybridized carbons (Fsp3) is 0.737. The second-order valence-electron chi connectivity index (χ2n) is 6.82. The van der Waals surface area contributed by atoms with Crippen LogP contribution in [0.15, 0.2) is 15.9 Å². The molecule has 0 N–H and O–H groups in total. The van der Waals surface area contributed by atoms with Crippen LogP contribution in [0.4, 0.5) is 0 Å². The molecule has 0 aliphatic heterocycles. The third kappa shape index (κ3) is 5.47. The van der Waals surface area contributed by atoms with Crippen LogP contribution in [0.25, 0.3) is 11.2 Å². The van der Waals surface area contributed by atoms with Crippen molar-refractivity contribution in [3.05, 3.63) is 27.2 Å². The van der Waals surface area contributed by atoms with E-state index in [0.29, 0.717) is 69.4 Å². The summed E-state index contributed by atoms with van der Waals surface area (Å²) in [6.45, 7) is 9.60. The van der Waals surface area contributed by atoms with Crippen LogP contribution >= 0.6 is 7.60 Å². The number of imidazole rings is 1. The summed E-state index contributed by atoms with van der Waals surface area (Å²) in [6, 6.07) is 0. The lowest BCUT2D eigenvalue weighted by Crippen LogP contribution is -2.40. The quantitative estimate of drug-likeness (QED) is 0.359. The molecule has 0 saturated heterocycles. The standard InChI is InChI=1S/C19H33N4O5P/c1-5-12-21-15-20-17-16(21)18(24)23(19(25)22(17)6-2)13-10-9-11-14-29(26,27-7-3)28-8-4/h15H,5-14H2,1-4H3. The molecule has 2 aromatic heterocycles. The number of aromatic nitrogens is 4. The van der Waals surface area contributed by atoms with E-state index in [1.165, 1.54) is 4.57 Å². The maximum absolute atomic E-state index is 13.0. The molecular formula is C19H33N4O5P. The molecule has 0 radical (unpaired) electrons. The van der Waals surface area contributed by atoms with Gasteiger partial charge in [-0.05, 0) is 40.0 Å². The van der Waals surface area contributed by atoms with Crippen LogP contribution in [0.2, 0.25) is 0 Å². The minimum absolute atomic E-state index is 0.296. The monoisotopic (exact) mass is 428 g/mol. The Kier molecular flexibility index (Phi) is 8.86. The van der Waals surface area contributed by atoms with E-state index in [-0.39, 0.29) is 11.2 Å². The molecule has 0 bridgehead atoms. The van der Waals surface area contributed by atoms with E-state index in [2.05, 4.69) is 4.98 Å². The van der Waals surface area contributed by atoms with Gasteiger partial charge in [-0.25, -0.2) is 9.78 Å². The van der Waals surface area contributed by atoms with Crippen molar-refractivity contribution in [1.29, 1.82) is 0 Å². The SMILES string of the molecule is CCCn1cnc2c1c(=O)n(CCCCCP(=O)(OCC)OCC)c(=O)n2CC. The van der Waals surface area contributed by atoms with Crippen LogP contribution in [0.1, 0.15) is 53.4 Å². The van der Waals surface area contributed by atoms with Crippen LogP contribution in [0.5, 0.6) is 0 Å². The fourth-order valence-corrected chi connectivity index (χ4v) is 5.17. The second kappa shape index (κ2) is 10.9. The summed E-state index contributed by atoms with van der Waals surface area (Å²) in [4.78, 5) is 30.1. The summed E-state index contributed by atoms with van der Waals surface area (Å²) < 4.78 is 27.7. The Bertz CT molecular complexity index is 952. The highest BCUT2D eigenvalue weighted by Gasteiger charge is 2.22. The molecule has 10 heteroatoms. The molecule has 9 nitrogen and oxygen atoms in total. The van der Waals surface area contributed by atoms with E-state index in [1.54, 1.807) is 24.7 Å². The third-order valence-electron chi connectivity index (χ3n) is 4.73. The van der Waals surface area contributed by atoms with E-state index in [0.717, 1.165) is 6.42 Å². The normalized spacial score (nSPS) is 12.1. The Morgan fingerprint density at radius 1 is 0.966 bits per heavy atom. The number of rotatable bonds is 13. The van der Waals surface area contributed by atoms with Crippen LogP contribution in [-0.4, -0.2) is 38.1 Å². The predicted octanol–water partition coefficient (Wildman–Crippen LogP) is 3.23. The Morgan fingerprint density at radius 3 is 2.24 bits per heavy atom. The van der Waals surface area contributed by atoms with Gasteiger partial charge >= 0.3 is 13.3 Å². The lowest BCUT2D eigenvalue weighted by atomic mass is 10.2. The Hall–Kier alpha value is -1.70. The first-order valence-electron chi connectivity index (χ1n) is 10.5. The molecule has 164 valence electrons. The minimum Gasteiger partial charge on any atom is -0.325 e. The number of nitrogens with zero attached hydrogens (tertiary/aromatic N) is 4. The summed E-state index contributed by atoms with van der Waals surface area (Å²) in [6.07, 6.45) is 4.83. The van der Waals surface area contributed by atoms with Gasteiger partial charge in [0.05, 0.1) is 25.7 Å². The van der Waals surface area contributed by atoms with Crippen molar-refractivity contribution in [3.63, 3.8) is 0 Å². The Labute approximate surface area is 171 Å². The van der Waals surface area contributed by atoms with E-state index >= 15 is 0 Å². The van der Waals surface area contributed by atoms with Crippen molar-refractivity contribution in [1.82, 2.24) is 18.7 Å². The molecule has 0 saturated carbocycles. The van der Waals surface area contributed by atoms with E-state index in [9.17, 15) is 14.2 Å². The molecule has 29 heavy (non-hydrogen) atoms. The molecule has 0 fully saturated rings. The van der Waals surface area contributed by atoms with Crippen LogP contribution < -0.4 is 11.2 Å². The van der Waals surface area contributed by atoms with E-state index < -0.39 is 7.60 Å². The first kappa shape index (κ1) is 23.6. The number of fused-ring (bicyclic) bond motifs is 1. The van der Waals surface area contributed by atoms with Gasteiger partial charge in [-0.3, -0.25) is 18.5 Å². The van der Waals surface area contributed by atoms with Gasteiger partial charge in [0.2, 0.25) is 0 Å². The summed E-state index contributed by atoms with van der Waals surface area (Å²) in [5, 5.41) is 0. The number of hydrogen-bond acceptors (Lipinski definition) is 6. The second-order valence-corrected chi connectivity index (χ2v) is 9.01. The van der Waals surface area contributed by atoms with Crippen molar-refractivity contribution in [3.8, 4) is 0 Å². The molecule has 0 spiro atoms. The largest absolute Gasteiger partial charge is 0.332 e. The van der Waals surface area contributed by atoms with Gasteiger partial charge in [0.1, 0.15) is 0 Å². The summed E-state index contributed by atoms with van der Waals surface area (Å²) >= 11 is 0. The maximum atomic E-state index is 13.0. The fourth-order valence-electron chi connectivity index (χ4n) is 3.44. The molecular weight excluding hydrogens is 395 g/mol. The first-order chi connectivity index (χ1) is 13.9. The van der Waals surface area contributed by atoms with E-state index in [4.69, 9.17) is 9.05 Å². The molecule has 0 aromatic carbocycles. The predicted molar refractivity (Wildman–Crippen MR) is 114 cm³/mol. The zero-order valence-electron chi connectivity index (χ0n) is 17.9. The molecule has 0 atom stereocenters. The van der Waals surface area contributed by atoms with Gasteiger partial charge < -0.3 is 13.6 Å². The van der Waals surface area contributed by atoms with Gasteiger partial charge in [0.25, 0.3) is 5.56 Å². The molecule has 2 rings (SSSR count). The average Bonchev–Trinajstić information content (AvgIpc) is 3.08. The van der Waals surface area contributed by atoms with Crippen LogP contribution in [-0.2, 0) is 33.2 Å². The highest BCUT2D eigenvalue weighted by Crippen LogP contribution is 2.48. The lowest BCUT2D eigenvalue weighted by molar-refractivity contribution is 0.219. The van der Waals surface area contributed by atoms with Crippen molar-refractivity contribution in [2.24, 2.45) is 0 Å². The smallest absolute Gasteiger partial charge is 0.325 e. The molecule has 2 heterocycles. The third-order valence-corrected chi connectivity index (χ3v) is 6.90. The highest BCUT2D eigenvalue weighted by molar-refractivity contribution is 7.53. The summed E-state index contributed by atoms with van der Waals surface area (Å²) in [7, 11) is -3.05. The van der Waals surface area contributed by atoms with Crippen LogP contribution in [0, 0.1) is 0 Å². The van der Waals surface area contributed by atoms with E-state index in [1.807, 2.05) is 18.4 Å². The van der Waals surface area contributed by atoms with Gasteiger partial charge in [-0.2, -0.15) is 0 Å². The zero-order valence-corrected chi connectivity index (χ0v) is 18.8. The summed E-state index contributed by atoms with van der Waals surface area (Å²) in [5.41, 5.74) is 0.295. The molecule has 0 amide bonds. The Morgan fingerprint density at radius 2 is 1.66 bits per heavy atom. The van der Waals surface area contributed by atoms with Crippen molar-refractivity contribution >= 4 is 18.8 Å². The number of unbranched alkanes of at least 4 members (excludes halogenated alkanes) is 2. The molecule has 0 aliphatic carbocycles. The summed E-state index contributed by atoms with van der Waals surface area (Å²) in [5.74, 6) is 0. The Balaban J connectivity index is 2.14. The van der Waals surface area contributed by atoms with Crippen molar-refractivity contribution in [2.75, 3.05) is 19.4 Å². The lowest BCUT2D eigenvalue weighted by Gasteiger charge is -2.16. The first-order valence-corrected chi connectivity index (χ1v) is 12.2. The van der Waals surface area contributed by atoms with Gasteiger partial charge in [-0.15, -0.1) is 0 Å². The topological polar surface area (TPSA) is 97.4 Å². The molecule has 2 aromatic rings. The highest BCUT2D eigenvalue weighted by atomic mass is 31.2. The molecule has 0 unspecified atom stereocenters. The number of hydrogen-bond donors (Lipinski definition) is 0. The van der Waals surface area contributed by atoms with Crippen molar-refractivity contribution in [2.45, 2.75) is 73.0 Å². The van der Waals surface area contributed by atoms with Gasteiger partial charge in [0.15, 0.2) is 11.2 Å². The van der Waals surface area contributed by atoms with Gasteiger partial charge in [-0.1, -0.05) is 13.3 Å². The molecule has 0 aliphatic rings. The average molecular weight is 428 g/mol. The van der Waals surface area contributed by atoms with Crippen LogP contribution in [0.3, 0.4) is 0 Å². The maximum Gasteiger partial charge on any atom is 0.332 e. The number of aryl methyl sites for hydroxylation is 2. The van der Waals surface area contributed by atoms with Crippen molar-refractivity contribution < 1.29 is 13.6 Å². The minimum atomic E-state index is -3.05. The zero-order chi connectivity index (χ0) is 21.4.